The molecule has 0 bridgehead atoms. The van der Waals surface area contributed by atoms with Crippen molar-refractivity contribution >= 4 is 12.0 Å². The van der Waals surface area contributed by atoms with Gasteiger partial charge in [-0.3, -0.25) is 4.79 Å². The number of carbonyl (C=O) groups is 1. The zero-order chi connectivity index (χ0) is 21.2. The van der Waals surface area contributed by atoms with Crippen LogP contribution in [-0.2, 0) is 4.79 Å². The molecule has 0 radical (unpaired) electrons. The second-order valence-electron chi connectivity index (χ2n) is 8.41. The Morgan fingerprint density at radius 3 is 2.27 bits per heavy atom. The molecule has 0 aromatic heterocycles. The van der Waals surface area contributed by atoms with Crippen LogP contribution in [0.25, 0.3) is 6.08 Å². The molecule has 1 aliphatic rings. The molecule has 30 heavy (non-hydrogen) atoms. The van der Waals surface area contributed by atoms with E-state index in [0.29, 0.717) is 0 Å². The van der Waals surface area contributed by atoms with Crippen molar-refractivity contribution in [3.8, 4) is 0 Å². The minimum atomic E-state index is -0.00511. The number of benzene rings is 2. The van der Waals surface area contributed by atoms with Crippen molar-refractivity contribution in [3.63, 3.8) is 0 Å². The Morgan fingerprint density at radius 2 is 1.63 bits per heavy atom. The summed E-state index contributed by atoms with van der Waals surface area (Å²) < 4.78 is 0. The second kappa shape index (κ2) is 11.7. The Morgan fingerprint density at radius 1 is 1.00 bits per heavy atom. The van der Waals surface area contributed by atoms with E-state index in [1.165, 1.54) is 16.0 Å². The van der Waals surface area contributed by atoms with Gasteiger partial charge >= 0.3 is 0 Å². The molecule has 3 rings (SSSR count). The van der Waals surface area contributed by atoms with Crippen molar-refractivity contribution < 1.29 is 14.6 Å². The van der Waals surface area contributed by atoms with Gasteiger partial charge in [-0.25, -0.2) is 0 Å². The van der Waals surface area contributed by atoms with Crippen LogP contribution in [0.1, 0.15) is 43.9 Å². The second-order valence-corrected chi connectivity index (χ2v) is 8.41. The van der Waals surface area contributed by atoms with Gasteiger partial charge in [0.1, 0.15) is 26.2 Å². The molecule has 3 N–H and O–H groups in total. The summed E-state index contributed by atoms with van der Waals surface area (Å²) in [4.78, 5) is 16.0. The number of hydrogen-bond acceptors (Lipinski definition) is 1. The van der Waals surface area contributed by atoms with Crippen LogP contribution in [0.15, 0.2) is 66.7 Å². The molecule has 2 aromatic rings. The van der Waals surface area contributed by atoms with E-state index < -0.39 is 0 Å². The van der Waals surface area contributed by atoms with E-state index in [-0.39, 0.29) is 18.0 Å². The lowest BCUT2D eigenvalue weighted by atomic mass is 10.0. The van der Waals surface area contributed by atoms with Gasteiger partial charge in [-0.1, -0.05) is 80.1 Å². The monoisotopic (exact) mass is 407 g/mol. The molecule has 0 spiro atoms. The highest BCUT2D eigenvalue weighted by Gasteiger charge is 2.31. The lowest BCUT2D eigenvalue weighted by Gasteiger charge is -2.33. The molecule has 2 atom stereocenters. The predicted octanol–water partition coefficient (Wildman–Crippen LogP) is 1.53. The van der Waals surface area contributed by atoms with Gasteiger partial charge in [0, 0.05) is 0 Å². The summed E-state index contributed by atoms with van der Waals surface area (Å²) in [7, 11) is 0. The number of piperazine rings is 1. The molecule has 1 saturated heterocycles. The van der Waals surface area contributed by atoms with Gasteiger partial charge in [-0.05, 0) is 30.5 Å². The SMILES string of the molecule is CCC[C@H](NC(=O)[C@@H](C)[NH+]1CC[NH+](C/C=C/c2ccccc2)CC1)c1ccccc1. The van der Waals surface area contributed by atoms with E-state index in [1.807, 2.05) is 24.3 Å². The third-order valence-electron chi connectivity index (χ3n) is 6.22. The van der Waals surface area contributed by atoms with Crippen LogP contribution >= 0.6 is 0 Å². The minimum absolute atomic E-state index is 0.00511. The smallest absolute Gasteiger partial charge is 0.278 e. The van der Waals surface area contributed by atoms with Gasteiger partial charge in [0.25, 0.3) is 5.91 Å². The summed E-state index contributed by atoms with van der Waals surface area (Å²) in [5.41, 5.74) is 2.46. The van der Waals surface area contributed by atoms with Crippen LogP contribution in [0, 0.1) is 0 Å². The zero-order valence-corrected chi connectivity index (χ0v) is 18.4. The maximum absolute atomic E-state index is 13.0. The molecule has 0 unspecified atom stereocenters. The van der Waals surface area contributed by atoms with Crippen molar-refractivity contribution in [2.24, 2.45) is 0 Å². The quantitative estimate of drug-likeness (QED) is 0.580. The summed E-state index contributed by atoms with van der Waals surface area (Å²) in [6.07, 6.45) is 6.52. The lowest BCUT2D eigenvalue weighted by Crippen LogP contribution is -3.30. The number of amides is 1. The van der Waals surface area contributed by atoms with Gasteiger partial charge in [-0.15, -0.1) is 0 Å². The summed E-state index contributed by atoms with van der Waals surface area (Å²) in [5, 5.41) is 3.32. The van der Waals surface area contributed by atoms with E-state index in [4.69, 9.17) is 0 Å². The van der Waals surface area contributed by atoms with Crippen molar-refractivity contribution in [3.05, 3.63) is 77.9 Å². The van der Waals surface area contributed by atoms with Gasteiger partial charge < -0.3 is 15.1 Å². The molecule has 2 aromatic carbocycles. The number of carbonyl (C=O) groups excluding carboxylic acids is 1. The van der Waals surface area contributed by atoms with Gasteiger partial charge in [0.15, 0.2) is 6.04 Å². The molecule has 4 heteroatoms. The van der Waals surface area contributed by atoms with E-state index in [0.717, 1.165) is 45.6 Å². The molecule has 1 amide bonds. The first-order valence-electron chi connectivity index (χ1n) is 11.4. The first-order chi connectivity index (χ1) is 14.7. The summed E-state index contributed by atoms with van der Waals surface area (Å²) in [6.45, 7) is 9.63. The van der Waals surface area contributed by atoms with Crippen LogP contribution < -0.4 is 15.1 Å². The number of rotatable bonds is 9. The fraction of sp³-hybridized carbons (Fsp3) is 0.423. The fourth-order valence-corrected chi connectivity index (χ4v) is 4.27. The summed E-state index contributed by atoms with van der Waals surface area (Å²) >= 11 is 0. The molecule has 0 aliphatic carbocycles. The maximum atomic E-state index is 13.0. The average molecular weight is 408 g/mol. The van der Waals surface area contributed by atoms with Crippen LogP contribution in [0.4, 0.5) is 0 Å². The third-order valence-corrected chi connectivity index (χ3v) is 6.22. The zero-order valence-electron chi connectivity index (χ0n) is 18.4. The highest BCUT2D eigenvalue weighted by molar-refractivity contribution is 5.80. The highest BCUT2D eigenvalue weighted by atomic mass is 16.2. The highest BCUT2D eigenvalue weighted by Crippen LogP contribution is 2.18. The van der Waals surface area contributed by atoms with Crippen LogP contribution in [0.5, 0.6) is 0 Å². The van der Waals surface area contributed by atoms with Gasteiger partial charge in [0.05, 0.1) is 12.6 Å². The maximum Gasteiger partial charge on any atom is 0.278 e. The average Bonchev–Trinajstić information content (AvgIpc) is 2.80. The standard InChI is InChI=1S/C26H35N3O/c1-3-11-25(24-15-8-5-9-16-24)27-26(30)22(2)29-20-18-28(19-21-29)17-10-14-23-12-6-4-7-13-23/h4-10,12-16,22,25H,3,11,17-21H2,1-2H3,(H,27,30)/p+2/b14-10+/t22-,25+/m1/s1. The van der Waals surface area contributed by atoms with E-state index in [2.05, 4.69) is 67.7 Å². The fourth-order valence-electron chi connectivity index (χ4n) is 4.27. The van der Waals surface area contributed by atoms with Gasteiger partial charge in [-0.2, -0.15) is 0 Å². The van der Waals surface area contributed by atoms with Crippen molar-refractivity contribution in [2.75, 3.05) is 32.7 Å². The predicted molar refractivity (Wildman–Crippen MR) is 123 cm³/mol. The molecule has 1 fully saturated rings. The molecule has 1 heterocycles. The Balaban J connectivity index is 1.46. The topological polar surface area (TPSA) is 38.0 Å². The molecule has 1 aliphatic heterocycles. The molecule has 4 nitrogen and oxygen atoms in total. The first-order valence-corrected chi connectivity index (χ1v) is 11.4. The van der Waals surface area contributed by atoms with Crippen LogP contribution in [0.2, 0.25) is 0 Å². The molecular formula is C26H37N3O+2. The van der Waals surface area contributed by atoms with Crippen LogP contribution in [-0.4, -0.2) is 44.7 Å². The Kier molecular flexibility index (Phi) is 8.66. The summed E-state index contributed by atoms with van der Waals surface area (Å²) in [5.74, 6) is 0.180. The Labute approximate surface area is 181 Å². The number of quaternary nitrogens is 2. The third kappa shape index (κ3) is 6.54. The lowest BCUT2D eigenvalue weighted by molar-refractivity contribution is -1.02. The Bertz CT molecular complexity index is 782. The molecule has 0 saturated carbocycles. The van der Waals surface area contributed by atoms with Crippen molar-refractivity contribution in [1.82, 2.24) is 5.32 Å². The van der Waals surface area contributed by atoms with E-state index in [9.17, 15) is 4.79 Å². The molecular weight excluding hydrogens is 370 g/mol. The Hall–Kier alpha value is -2.43. The normalized spacial score (nSPS) is 21.3. The number of hydrogen-bond donors (Lipinski definition) is 3. The molecule has 160 valence electrons. The van der Waals surface area contributed by atoms with E-state index in [1.54, 1.807) is 4.90 Å². The largest absolute Gasteiger partial charge is 0.344 e. The van der Waals surface area contributed by atoms with Crippen molar-refractivity contribution in [1.29, 1.82) is 0 Å². The van der Waals surface area contributed by atoms with Gasteiger partial charge in [0.2, 0.25) is 0 Å². The number of nitrogens with one attached hydrogen (secondary N) is 3. The van der Waals surface area contributed by atoms with Crippen molar-refractivity contribution in [2.45, 2.75) is 38.8 Å². The first kappa shape index (κ1) is 22.3. The minimum Gasteiger partial charge on any atom is -0.344 e. The van der Waals surface area contributed by atoms with E-state index >= 15 is 0 Å². The van der Waals surface area contributed by atoms with Crippen LogP contribution in [0.3, 0.4) is 0 Å². The summed E-state index contributed by atoms with van der Waals surface area (Å²) in [6, 6.07) is 20.9.